The lowest BCUT2D eigenvalue weighted by atomic mass is 9.82. The number of aryl methyl sites for hydroxylation is 1. The largest absolute Gasteiger partial charge is 0.496 e. The molecule has 5 heteroatoms. The van der Waals surface area contributed by atoms with Crippen LogP contribution in [-0.2, 0) is 9.59 Å². The molecule has 28 heavy (non-hydrogen) atoms. The molecule has 0 radical (unpaired) electrons. The highest BCUT2D eigenvalue weighted by molar-refractivity contribution is 5.97. The predicted molar refractivity (Wildman–Crippen MR) is 110 cm³/mol. The molecular formula is C23H28N2O3. The highest BCUT2D eigenvalue weighted by atomic mass is 16.5. The van der Waals surface area contributed by atoms with E-state index in [0.29, 0.717) is 18.6 Å². The fourth-order valence-corrected chi connectivity index (χ4v) is 3.83. The zero-order valence-electron chi connectivity index (χ0n) is 16.9. The summed E-state index contributed by atoms with van der Waals surface area (Å²) in [4.78, 5) is 27.8. The molecule has 0 aromatic heterocycles. The molecule has 2 atom stereocenters. The van der Waals surface area contributed by atoms with E-state index in [1.807, 2.05) is 69.3 Å². The number of ether oxygens (including phenoxy) is 1. The third-order valence-corrected chi connectivity index (χ3v) is 5.13. The molecule has 2 aromatic rings. The highest BCUT2D eigenvalue weighted by Gasteiger charge is 2.42. The molecule has 5 nitrogen and oxygen atoms in total. The van der Waals surface area contributed by atoms with Crippen LogP contribution in [0.3, 0.4) is 0 Å². The molecular weight excluding hydrogens is 352 g/mol. The topological polar surface area (TPSA) is 58.6 Å². The Morgan fingerprint density at radius 3 is 2.46 bits per heavy atom. The minimum atomic E-state index is -0.418. The summed E-state index contributed by atoms with van der Waals surface area (Å²) in [6.07, 6.45) is 0.859. The maximum Gasteiger partial charge on any atom is 0.227 e. The van der Waals surface area contributed by atoms with Crippen molar-refractivity contribution in [3.8, 4) is 5.75 Å². The van der Waals surface area contributed by atoms with Crippen molar-refractivity contribution in [2.24, 2.45) is 5.92 Å². The Labute approximate surface area is 166 Å². The number of anilines is 1. The monoisotopic (exact) mass is 380 g/mol. The summed E-state index contributed by atoms with van der Waals surface area (Å²) in [7, 11) is 1.61. The number of hydrogen-bond donors (Lipinski definition) is 1. The van der Waals surface area contributed by atoms with Gasteiger partial charge in [0.25, 0.3) is 0 Å². The van der Waals surface area contributed by atoms with Crippen molar-refractivity contribution in [3.05, 3.63) is 59.7 Å². The Balaban J connectivity index is 2.12. The number of nitrogens with zero attached hydrogens (tertiary/aromatic N) is 1. The van der Waals surface area contributed by atoms with Crippen LogP contribution >= 0.6 is 0 Å². The second-order valence-electron chi connectivity index (χ2n) is 7.59. The van der Waals surface area contributed by atoms with E-state index in [1.54, 1.807) is 12.0 Å². The van der Waals surface area contributed by atoms with Crippen LogP contribution in [0.15, 0.2) is 48.5 Å². The van der Waals surface area contributed by atoms with Gasteiger partial charge in [-0.3, -0.25) is 9.59 Å². The van der Waals surface area contributed by atoms with Crippen LogP contribution in [0.2, 0.25) is 0 Å². The number of methoxy groups -OCH3 is 1. The molecule has 0 spiro atoms. The fraction of sp³-hybridized carbons (Fsp3) is 0.391. The Hall–Kier alpha value is -2.82. The number of piperidine rings is 1. The quantitative estimate of drug-likeness (QED) is 0.853. The predicted octanol–water partition coefficient (Wildman–Crippen LogP) is 4.01. The molecule has 0 bridgehead atoms. The summed E-state index contributed by atoms with van der Waals surface area (Å²) in [6, 6.07) is 15.1. The summed E-state index contributed by atoms with van der Waals surface area (Å²) in [6.45, 7) is 5.90. The second-order valence-corrected chi connectivity index (χ2v) is 7.59. The first-order valence-corrected chi connectivity index (χ1v) is 9.74. The number of para-hydroxylation sites is 1. The summed E-state index contributed by atoms with van der Waals surface area (Å²) in [5, 5.41) is 3.03. The first-order chi connectivity index (χ1) is 13.4. The second kappa shape index (κ2) is 8.46. The van der Waals surface area contributed by atoms with Gasteiger partial charge in [-0.2, -0.15) is 0 Å². The molecule has 1 N–H and O–H groups in total. The van der Waals surface area contributed by atoms with E-state index < -0.39 is 6.04 Å². The van der Waals surface area contributed by atoms with Gasteiger partial charge in [-0.1, -0.05) is 35.9 Å². The lowest BCUT2D eigenvalue weighted by Gasteiger charge is -2.41. The van der Waals surface area contributed by atoms with E-state index in [4.69, 9.17) is 4.74 Å². The SMILES string of the molecule is COc1ccccc1C1C(C(=O)NC(C)C)CCC(=O)N1c1ccc(C)cc1. The van der Waals surface area contributed by atoms with Crippen LogP contribution in [-0.4, -0.2) is 25.0 Å². The number of carbonyl (C=O) groups is 2. The van der Waals surface area contributed by atoms with Gasteiger partial charge in [0.1, 0.15) is 5.75 Å². The highest BCUT2D eigenvalue weighted by Crippen LogP contribution is 2.43. The lowest BCUT2D eigenvalue weighted by molar-refractivity contribution is -0.129. The molecule has 1 aliphatic heterocycles. The van der Waals surface area contributed by atoms with Crippen molar-refractivity contribution in [2.75, 3.05) is 12.0 Å². The minimum Gasteiger partial charge on any atom is -0.496 e. The van der Waals surface area contributed by atoms with E-state index in [9.17, 15) is 9.59 Å². The molecule has 3 rings (SSSR count). The van der Waals surface area contributed by atoms with Gasteiger partial charge >= 0.3 is 0 Å². The van der Waals surface area contributed by atoms with Crippen molar-refractivity contribution < 1.29 is 14.3 Å². The molecule has 2 aromatic carbocycles. The first kappa shape index (κ1) is 19.9. The average Bonchev–Trinajstić information content (AvgIpc) is 2.68. The molecule has 0 aliphatic carbocycles. The van der Waals surface area contributed by atoms with Crippen LogP contribution < -0.4 is 15.0 Å². The van der Waals surface area contributed by atoms with Crippen LogP contribution in [0.25, 0.3) is 0 Å². The third kappa shape index (κ3) is 4.03. The van der Waals surface area contributed by atoms with E-state index in [2.05, 4.69) is 5.32 Å². The minimum absolute atomic E-state index is 0.0216. The molecule has 1 heterocycles. The number of carbonyl (C=O) groups excluding carboxylic acids is 2. The van der Waals surface area contributed by atoms with Gasteiger partial charge < -0.3 is 15.0 Å². The van der Waals surface area contributed by atoms with Gasteiger partial charge in [-0.05, 0) is 45.4 Å². The Morgan fingerprint density at radius 1 is 1.14 bits per heavy atom. The third-order valence-electron chi connectivity index (χ3n) is 5.13. The van der Waals surface area contributed by atoms with Crippen molar-refractivity contribution >= 4 is 17.5 Å². The number of hydrogen-bond acceptors (Lipinski definition) is 3. The van der Waals surface area contributed by atoms with E-state index in [0.717, 1.165) is 16.8 Å². The van der Waals surface area contributed by atoms with Crippen molar-refractivity contribution in [3.63, 3.8) is 0 Å². The van der Waals surface area contributed by atoms with E-state index in [1.165, 1.54) is 0 Å². The van der Waals surface area contributed by atoms with Crippen molar-refractivity contribution in [1.82, 2.24) is 5.32 Å². The summed E-state index contributed by atoms with van der Waals surface area (Å²) >= 11 is 0. The molecule has 1 fully saturated rings. The van der Waals surface area contributed by atoms with Crippen molar-refractivity contribution in [2.45, 2.75) is 45.7 Å². The van der Waals surface area contributed by atoms with Gasteiger partial charge in [0, 0.05) is 23.7 Å². The smallest absolute Gasteiger partial charge is 0.227 e. The summed E-state index contributed by atoms with van der Waals surface area (Å²) < 4.78 is 5.58. The van der Waals surface area contributed by atoms with Crippen LogP contribution in [0.4, 0.5) is 5.69 Å². The summed E-state index contributed by atoms with van der Waals surface area (Å²) in [5.41, 5.74) is 2.77. The fourth-order valence-electron chi connectivity index (χ4n) is 3.83. The summed E-state index contributed by atoms with van der Waals surface area (Å²) in [5.74, 6) is 0.322. The maximum absolute atomic E-state index is 13.0. The van der Waals surface area contributed by atoms with Crippen molar-refractivity contribution in [1.29, 1.82) is 0 Å². The molecule has 2 unspecified atom stereocenters. The number of rotatable bonds is 5. The zero-order valence-corrected chi connectivity index (χ0v) is 16.9. The number of nitrogens with one attached hydrogen (secondary N) is 1. The van der Waals surface area contributed by atoms with Gasteiger partial charge in [-0.25, -0.2) is 0 Å². The van der Waals surface area contributed by atoms with Crippen LogP contribution in [0.5, 0.6) is 5.75 Å². The molecule has 2 amide bonds. The standard InChI is InChI=1S/C23H28N2O3/c1-15(2)24-23(27)19-13-14-21(26)25(17-11-9-16(3)10-12-17)22(19)18-7-5-6-8-20(18)28-4/h5-12,15,19,22H,13-14H2,1-4H3,(H,24,27). The average molecular weight is 380 g/mol. The Kier molecular flexibility index (Phi) is 6.02. The Morgan fingerprint density at radius 2 is 1.82 bits per heavy atom. The number of benzene rings is 2. The molecule has 1 saturated heterocycles. The molecule has 148 valence electrons. The van der Waals surface area contributed by atoms with Crippen LogP contribution in [0, 0.1) is 12.8 Å². The molecule has 1 aliphatic rings. The Bertz CT molecular complexity index is 845. The van der Waals surface area contributed by atoms with Crippen LogP contribution in [0.1, 0.15) is 43.9 Å². The van der Waals surface area contributed by atoms with Gasteiger partial charge in [0.05, 0.1) is 19.1 Å². The van der Waals surface area contributed by atoms with E-state index >= 15 is 0 Å². The normalized spacial score (nSPS) is 19.6. The maximum atomic E-state index is 13.0. The van der Waals surface area contributed by atoms with Gasteiger partial charge in [0.15, 0.2) is 0 Å². The number of amides is 2. The first-order valence-electron chi connectivity index (χ1n) is 9.74. The van der Waals surface area contributed by atoms with Gasteiger partial charge in [-0.15, -0.1) is 0 Å². The molecule has 0 saturated carbocycles. The van der Waals surface area contributed by atoms with E-state index in [-0.39, 0.29) is 23.8 Å². The lowest BCUT2D eigenvalue weighted by Crippen LogP contribution is -2.49. The van der Waals surface area contributed by atoms with Gasteiger partial charge in [0.2, 0.25) is 11.8 Å². The zero-order chi connectivity index (χ0) is 20.3.